The number of nitriles is 1. The third-order valence-corrected chi connectivity index (χ3v) is 1.81. The summed E-state index contributed by atoms with van der Waals surface area (Å²) in [6, 6.07) is 4.93. The van der Waals surface area contributed by atoms with Crippen molar-refractivity contribution < 1.29 is 14.6 Å². The van der Waals surface area contributed by atoms with E-state index >= 15 is 0 Å². The number of benzene rings is 1. The molecule has 0 amide bonds. The first-order valence-electron chi connectivity index (χ1n) is 4.03. The smallest absolute Gasteiger partial charge is 0.165 e. The Kier molecular flexibility index (Phi) is 3.19. The van der Waals surface area contributed by atoms with Crippen molar-refractivity contribution in [3.05, 3.63) is 17.7 Å². The second-order valence-electron chi connectivity index (χ2n) is 2.68. The van der Waals surface area contributed by atoms with Crippen molar-refractivity contribution in [3.63, 3.8) is 0 Å². The van der Waals surface area contributed by atoms with Crippen LogP contribution in [0.3, 0.4) is 0 Å². The molecule has 1 N–H and O–H groups in total. The molecule has 0 saturated heterocycles. The maximum Gasteiger partial charge on any atom is 0.165 e. The van der Waals surface area contributed by atoms with Gasteiger partial charge in [-0.15, -0.1) is 0 Å². The zero-order valence-corrected chi connectivity index (χ0v) is 8.07. The average Bonchev–Trinajstić information content (AvgIpc) is 2.17. The Morgan fingerprint density at radius 3 is 2.57 bits per heavy atom. The number of phenolic OH excluding ortho intramolecular Hbond substituents is 1. The molecular weight excluding hydrogens is 182 g/mol. The molecule has 4 heteroatoms. The van der Waals surface area contributed by atoms with Crippen LogP contribution >= 0.6 is 0 Å². The number of rotatable bonds is 3. The molecule has 0 heterocycles. The summed E-state index contributed by atoms with van der Waals surface area (Å²) in [7, 11) is 2.98. The minimum atomic E-state index is 0.0629. The van der Waals surface area contributed by atoms with Gasteiger partial charge in [0.2, 0.25) is 0 Å². The summed E-state index contributed by atoms with van der Waals surface area (Å²) in [5.74, 6) is 0.984. The average molecular weight is 193 g/mol. The molecule has 0 radical (unpaired) electrons. The zero-order valence-electron chi connectivity index (χ0n) is 8.07. The van der Waals surface area contributed by atoms with Crippen molar-refractivity contribution in [3.8, 4) is 23.3 Å². The molecule has 74 valence electrons. The van der Waals surface area contributed by atoms with Crippen molar-refractivity contribution in [1.29, 1.82) is 5.26 Å². The third kappa shape index (κ3) is 1.88. The lowest BCUT2D eigenvalue weighted by molar-refractivity contribution is 0.348. The van der Waals surface area contributed by atoms with Crippen LogP contribution in [-0.4, -0.2) is 19.3 Å². The SMILES string of the molecule is COc1cc(O)cc(CC#N)c1OC. The first-order valence-corrected chi connectivity index (χ1v) is 4.03. The van der Waals surface area contributed by atoms with Gasteiger partial charge in [0.15, 0.2) is 11.5 Å². The van der Waals surface area contributed by atoms with Crippen molar-refractivity contribution in [2.75, 3.05) is 14.2 Å². The van der Waals surface area contributed by atoms with Gasteiger partial charge in [-0.25, -0.2) is 0 Å². The molecule has 0 aliphatic heterocycles. The van der Waals surface area contributed by atoms with Gasteiger partial charge in [-0.1, -0.05) is 0 Å². The largest absolute Gasteiger partial charge is 0.508 e. The van der Waals surface area contributed by atoms with E-state index in [1.54, 1.807) is 0 Å². The number of methoxy groups -OCH3 is 2. The molecule has 1 rings (SSSR count). The van der Waals surface area contributed by atoms with E-state index in [2.05, 4.69) is 0 Å². The molecule has 0 aromatic heterocycles. The Hall–Kier alpha value is -1.89. The fourth-order valence-corrected chi connectivity index (χ4v) is 1.24. The molecule has 1 aromatic carbocycles. The molecule has 0 saturated carbocycles. The predicted molar refractivity (Wildman–Crippen MR) is 50.5 cm³/mol. The Morgan fingerprint density at radius 1 is 1.36 bits per heavy atom. The molecular formula is C10H11NO3. The Bertz CT molecular complexity index is 368. The van der Waals surface area contributed by atoms with Crippen LogP contribution in [-0.2, 0) is 6.42 Å². The van der Waals surface area contributed by atoms with Gasteiger partial charge in [0, 0.05) is 11.6 Å². The predicted octanol–water partition coefficient (Wildman–Crippen LogP) is 1.48. The molecule has 1 aromatic rings. The molecule has 0 bridgehead atoms. The molecule has 0 aliphatic carbocycles. The lowest BCUT2D eigenvalue weighted by atomic mass is 10.1. The summed E-state index contributed by atoms with van der Waals surface area (Å²) in [5, 5.41) is 17.9. The standard InChI is InChI=1S/C10H11NO3/c1-13-9-6-8(12)5-7(3-4-11)10(9)14-2/h5-6,12H,3H2,1-2H3. The summed E-state index contributed by atoms with van der Waals surface area (Å²) in [5.41, 5.74) is 0.617. The third-order valence-electron chi connectivity index (χ3n) is 1.81. The maximum absolute atomic E-state index is 9.33. The van der Waals surface area contributed by atoms with E-state index in [0.717, 1.165) is 0 Å². The molecule has 4 nitrogen and oxygen atoms in total. The van der Waals surface area contributed by atoms with Crippen molar-refractivity contribution in [2.24, 2.45) is 0 Å². The van der Waals surface area contributed by atoms with E-state index < -0.39 is 0 Å². The lowest BCUT2D eigenvalue weighted by Crippen LogP contribution is -1.95. The van der Waals surface area contributed by atoms with Crippen molar-refractivity contribution >= 4 is 0 Å². The van der Waals surface area contributed by atoms with Gasteiger partial charge in [0.05, 0.1) is 26.7 Å². The second kappa shape index (κ2) is 4.38. The minimum absolute atomic E-state index is 0.0629. The number of hydrogen-bond acceptors (Lipinski definition) is 4. The minimum Gasteiger partial charge on any atom is -0.508 e. The van der Waals surface area contributed by atoms with E-state index in [0.29, 0.717) is 17.1 Å². The highest BCUT2D eigenvalue weighted by Crippen LogP contribution is 2.35. The lowest BCUT2D eigenvalue weighted by Gasteiger charge is -2.11. The first kappa shape index (κ1) is 10.2. The van der Waals surface area contributed by atoms with E-state index in [1.807, 2.05) is 6.07 Å². The normalized spacial score (nSPS) is 9.21. The quantitative estimate of drug-likeness (QED) is 0.789. The van der Waals surface area contributed by atoms with Gasteiger partial charge >= 0.3 is 0 Å². The summed E-state index contributed by atoms with van der Waals surface area (Å²) in [6.45, 7) is 0. The summed E-state index contributed by atoms with van der Waals surface area (Å²) >= 11 is 0. The Labute approximate surface area is 82.3 Å². The van der Waals surface area contributed by atoms with Crippen LogP contribution in [0.15, 0.2) is 12.1 Å². The summed E-state index contributed by atoms with van der Waals surface area (Å²) in [6.07, 6.45) is 0.175. The number of ether oxygens (including phenoxy) is 2. The summed E-state index contributed by atoms with van der Waals surface area (Å²) < 4.78 is 10.1. The van der Waals surface area contributed by atoms with Gasteiger partial charge in [-0.3, -0.25) is 0 Å². The number of phenols is 1. The molecule has 14 heavy (non-hydrogen) atoms. The number of nitrogens with zero attached hydrogens (tertiary/aromatic N) is 1. The van der Waals surface area contributed by atoms with E-state index in [1.165, 1.54) is 26.4 Å². The first-order chi connectivity index (χ1) is 6.72. The number of aromatic hydroxyl groups is 1. The van der Waals surface area contributed by atoms with E-state index in [9.17, 15) is 5.11 Å². The van der Waals surface area contributed by atoms with Crippen LogP contribution in [0.4, 0.5) is 0 Å². The number of hydrogen-bond donors (Lipinski definition) is 1. The topological polar surface area (TPSA) is 62.5 Å². The van der Waals surface area contributed by atoms with Crippen LogP contribution in [0.2, 0.25) is 0 Å². The zero-order chi connectivity index (χ0) is 10.6. The highest BCUT2D eigenvalue weighted by atomic mass is 16.5. The van der Waals surface area contributed by atoms with Crippen LogP contribution in [0, 0.1) is 11.3 Å². The highest BCUT2D eigenvalue weighted by molar-refractivity contribution is 5.52. The van der Waals surface area contributed by atoms with Gasteiger partial charge in [0.25, 0.3) is 0 Å². The van der Waals surface area contributed by atoms with Crippen molar-refractivity contribution in [2.45, 2.75) is 6.42 Å². The molecule has 0 spiro atoms. The molecule has 0 unspecified atom stereocenters. The van der Waals surface area contributed by atoms with Gasteiger partial charge in [-0.05, 0) is 6.07 Å². The second-order valence-corrected chi connectivity index (χ2v) is 2.68. The van der Waals surface area contributed by atoms with E-state index in [4.69, 9.17) is 14.7 Å². The molecule has 0 fully saturated rings. The van der Waals surface area contributed by atoms with E-state index in [-0.39, 0.29) is 12.2 Å². The Balaban J connectivity index is 3.25. The molecule has 0 aliphatic rings. The fourth-order valence-electron chi connectivity index (χ4n) is 1.24. The van der Waals surface area contributed by atoms with Crippen LogP contribution in [0.1, 0.15) is 5.56 Å². The Morgan fingerprint density at radius 2 is 2.07 bits per heavy atom. The van der Waals surface area contributed by atoms with Crippen LogP contribution in [0.5, 0.6) is 17.2 Å². The highest BCUT2D eigenvalue weighted by Gasteiger charge is 2.11. The summed E-state index contributed by atoms with van der Waals surface area (Å²) in [4.78, 5) is 0. The molecule has 0 atom stereocenters. The van der Waals surface area contributed by atoms with Gasteiger partial charge in [0.1, 0.15) is 5.75 Å². The van der Waals surface area contributed by atoms with Crippen LogP contribution < -0.4 is 9.47 Å². The maximum atomic E-state index is 9.33. The fraction of sp³-hybridized carbons (Fsp3) is 0.300. The van der Waals surface area contributed by atoms with Gasteiger partial charge < -0.3 is 14.6 Å². The monoisotopic (exact) mass is 193 g/mol. The van der Waals surface area contributed by atoms with Gasteiger partial charge in [-0.2, -0.15) is 5.26 Å². The van der Waals surface area contributed by atoms with Crippen molar-refractivity contribution in [1.82, 2.24) is 0 Å². The van der Waals surface area contributed by atoms with Crippen LogP contribution in [0.25, 0.3) is 0 Å².